The zero-order valence-electron chi connectivity index (χ0n) is 13.0. The van der Waals surface area contributed by atoms with E-state index in [9.17, 15) is 0 Å². The quantitative estimate of drug-likeness (QED) is 0.918. The van der Waals surface area contributed by atoms with Crippen LogP contribution in [0, 0.1) is 5.92 Å². The average molecular weight is 287 g/mol. The van der Waals surface area contributed by atoms with Gasteiger partial charge in [-0.25, -0.2) is 0 Å². The van der Waals surface area contributed by atoms with Crippen molar-refractivity contribution < 1.29 is 4.74 Å². The van der Waals surface area contributed by atoms with Gasteiger partial charge in [0.05, 0.1) is 17.8 Å². The molecule has 114 valence electrons. The third-order valence-corrected chi connectivity index (χ3v) is 4.48. The van der Waals surface area contributed by atoms with Crippen molar-refractivity contribution >= 4 is 10.9 Å². The van der Waals surface area contributed by atoms with Gasteiger partial charge in [0, 0.05) is 31.5 Å². The SMILES string of the molecule is CCNC(Cc1nn(C)c2ccccc12)C1CCCOC1. The summed E-state index contributed by atoms with van der Waals surface area (Å²) in [4.78, 5) is 0. The second kappa shape index (κ2) is 6.58. The molecule has 2 aromatic rings. The van der Waals surface area contributed by atoms with Crippen LogP contribution in [0.3, 0.4) is 0 Å². The number of likely N-dealkylation sites (N-methyl/N-ethyl adjacent to an activating group) is 1. The molecule has 0 bridgehead atoms. The Morgan fingerprint density at radius 3 is 3.05 bits per heavy atom. The zero-order valence-corrected chi connectivity index (χ0v) is 13.0. The fourth-order valence-corrected chi connectivity index (χ4v) is 3.40. The first-order chi connectivity index (χ1) is 10.3. The molecule has 4 heteroatoms. The molecule has 1 aliphatic rings. The van der Waals surface area contributed by atoms with Gasteiger partial charge in [-0.3, -0.25) is 4.68 Å². The fourth-order valence-electron chi connectivity index (χ4n) is 3.40. The lowest BCUT2D eigenvalue weighted by Gasteiger charge is -2.30. The first kappa shape index (κ1) is 14.5. The summed E-state index contributed by atoms with van der Waals surface area (Å²) < 4.78 is 7.67. The van der Waals surface area contributed by atoms with Crippen LogP contribution in [-0.2, 0) is 18.2 Å². The van der Waals surface area contributed by atoms with E-state index in [4.69, 9.17) is 9.84 Å². The molecule has 0 amide bonds. The van der Waals surface area contributed by atoms with Crippen molar-refractivity contribution in [2.45, 2.75) is 32.2 Å². The van der Waals surface area contributed by atoms with Gasteiger partial charge in [0.2, 0.25) is 0 Å². The molecule has 2 heterocycles. The van der Waals surface area contributed by atoms with Crippen LogP contribution in [0.4, 0.5) is 0 Å². The van der Waals surface area contributed by atoms with Crippen LogP contribution in [0.25, 0.3) is 10.9 Å². The minimum atomic E-state index is 0.452. The maximum absolute atomic E-state index is 5.67. The van der Waals surface area contributed by atoms with Crippen LogP contribution in [0.15, 0.2) is 24.3 Å². The van der Waals surface area contributed by atoms with Gasteiger partial charge in [-0.1, -0.05) is 25.1 Å². The van der Waals surface area contributed by atoms with Crippen LogP contribution >= 0.6 is 0 Å². The highest BCUT2D eigenvalue weighted by atomic mass is 16.5. The Balaban J connectivity index is 1.83. The molecule has 2 unspecified atom stereocenters. The summed E-state index contributed by atoms with van der Waals surface area (Å²) in [6.07, 6.45) is 3.40. The Labute approximate surface area is 126 Å². The largest absolute Gasteiger partial charge is 0.381 e. The van der Waals surface area contributed by atoms with Gasteiger partial charge in [-0.05, 0) is 31.4 Å². The van der Waals surface area contributed by atoms with Crippen LogP contribution in [0.1, 0.15) is 25.5 Å². The molecular weight excluding hydrogens is 262 g/mol. The van der Waals surface area contributed by atoms with E-state index in [1.54, 1.807) is 0 Å². The molecule has 1 aromatic carbocycles. The van der Waals surface area contributed by atoms with Gasteiger partial charge >= 0.3 is 0 Å². The Morgan fingerprint density at radius 1 is 1.43 bits per heavy atom. The third-order valence-electron chi connectivity index (χ3n) is 4.48. The smallest absolute Gasteiger partial charge is 0.0718 e. The minimum absolute atomic E-state index is 0.452. The van der Waals surface area contributed by atoms with Gasteiger partial charge in [0.25, 0.3) is 0 Å². The monoisotopic (exact) mass is 287 g/mol. The molecule has 0 radical (unpaired) electrons. The molecule has 4 nitrogen and oxygen atoms in total. The molecule has 0 spiro atoms. The second-order valence-corrected chi connectivity index (χ2v) is 5.93. The topological polar surface area (TPSA) is 39.1 Å². The number of nitrogens with one attached hydrogen (secondary N) is 1. The second-order valence-electron chi connectivity index (χ2n) is 5.93. The fraction of sp³-hybridized carbons (Fsp3) is 0.588. The Hall–Kier alpha value is -1.39. The molecular formula is C17H25N3O. The normalized spacial score (nSPS) is 20.8. The van der Waals surface area contributed by atoms with Crippen LogP contribution in [0.2, 0.25) is 0 Å². The summed E-state index contributed by atoms with van der Waals surface area (Å²) in [6.45, 7) is 4.96. The number of ether oxygens (including phenoxy) is 1. The van der Waals surface area contributed by atoms with Gasteiger partial charge in [0.1, 0.15) is 0 Å². The molecule has 0 aliphatic carbocycles. The van der Waals surface area contributed by atoms with Gasteiger partial charge in [-0.2, -0.15) is 5.10 Å². The highest BCUT2D eigenvalue weighted by Crippen LogP contribution is 2.24. The third kappa shape index (κ3) is 3.11. The Morgan fingerprint density at radius 2 is 2.29 bits per heavy atom. The number of para-hydroxylation sites is 1. The predicted molar refractivity (Wildman–Crippen MR) is 85.4 cm³/mol. The van der Waals surface area contributed by atoms with Gasteiger partial charge in [-0.15, -0.1) is 0 Å². The van der Waals surface area contributed by atoms with Crippen molar-refractivity contribution in [3.63, 3.8) is 0 Å². The van der Waals surface area contributed by atoms with Crippen LogP contribution in [0.5, 0.6) is 0 Å². The summed E-state index contributed by atoms with van der Waals surface area (Å²) in [7, 11) is 2.03. The highest BCUT2D eigenvalue weighted by molar-refractivity contribution is 5.81. The molecule has 21 heavy (non-hydrogen) atoms. The number of benzene rings is 1. The van der Waals surface area contributed by atoms with E-state index in [1.807, 2.05) is 11.7 Å². The molecule has 1 aliphatic heterocycles. The Kier molecular flexibility index (Phi) is 4.56. The molecule has 1 fully saturated rings. The lowest BCUT2D eigenvalue weighted by molar-refractivity contribution is 0.0395. The van der Waals surface area contributed by atoms with E-state index in [0.717, 1.165) is 26.2 Å². The lowest BCUT2D eigenvalue weighted by Crippen LogP contribution is -2.41. The van der Waals surface area contributed by atoms with Crippen molar-refractivity contribution in [2.24, 2.45) is 13.0 Å². The summed E-state index contributed by atoms with van der Waals surface area (Å²) in [6, 6.07) is 8.94. The van der Waals surface area contributed by atoms with E-state index < -0.39 is 0 Å². The maximum atomic E-state index is 5.67. The van der Waals surface area contributed by atoms with Crippen molar-refractivity contribution in [1.29, 1.82) is 0 Å². The van der Waals surface area contributed by atoms with E-state index in [2.05, 4.69) is 36.5 Å². The Bertz CT molecular complexity index is 587. The minimum Gasteiger partial charge on any atom is -0.381 e. The standard InChI is InChI=1S/C17H25N3O/c1-3-18-15(13-7-6-10-21-12-13)11-16-14-8-4-5-9-17(14)20(2)19-16/h4-5,8-9,13,15,18H,3,6-7,10-12H2,1-2H3. The number of fused-ring (bicyclic) bond motifs is 1. The predicted octanol–water partition coefficient (Wildman–Crippen LogP) is 2.52. The van der Waals surface area contributed by atoms with E-state index >= 15 is 0 Å². The summed E-state index contributed by atoms with van der Waals surface area (Å²) >= 11 is 0. The van der Waals surface area contributed by atoms with Crippen molar-refractivity contribution in [1.82, 2.24) is 15.1 Å². The summed E-state index contributed by atoms with van der Waals surface area (Å²) in [5.41, 5.74) is 2.41. The number of nitrogens with zero attached hydrogens (tertiary/aromatic N) is 2. The molecule has 2 atom stereocenters. The molecule has 1 saturated heterocycles. The van der Waals surface area contributed by atoms with Gasteiger partial charge < -0.3 is 10.1 Å². The summed E-state index contributed by atoms with van der Waals surface area (Å²) in [5.74, 6) is 0.597. The zero-order chi connectivity index (χ0) is 14.7. The lowest BCUT2D eigenvalue weighted by atomic mass is 9.90. The van der Waals surface area contributed by atoms with Gasteiger partial charge in [0.15, 0.2) is 0 Å². The first-order valence-electron chi connectivity index (χ1n) is 8.01. The molecule has 1 aromatic heterocycles. The van der Waals surface area contributed by atoms with E-state index in [1.165, 1.54) is 29.4 Å². The maximum Gasteiger partial charge on any atom is 0.0718 e. The van der Waals surface area contributed by atoms with Crippen LogP contribution < -0.4 is 5.32 Å². The number of aryl methyl sites for hydroxylation is 1. The van der Waals surface area contributed by atoms with Crippen molar-refractivity contribution in [2.75, 3.05) is 19.8 Å². The number of rotatable bonds is 5. The number of aromatic nitrogens is 2. The number of hydrogen-bond acceptors (Lipinski definition) is 3. The highest BCUT2D eigenvalue weighted by Gasteiger charge is 2.25. The van der Waals surface area contributed by atoms with Crippen LogP contribution in [-0.4, -0.2) is 35.6 Å². The van der Waals surface area contributed by atoms with E-state index in [0.29, 0.717) is 12.0 Å². The van der Waals surface area contributed by atoms with Crippen molar-refractivity contribution in [3.8, 4) is 0 Å². The number of hydrogen-bond donors (Lipinski definition) is 1. The van der Waals surface area contributed by atoms with Crippen molar-refractivity contribution in [3.05, 3.63) is 30.0 Å². The van der Waals surface area contributed by atoms with E-state index in [-0.39, 0.29) is 0 Å². The molecule has 0 saturated carbocycles. The molecule has 3 rings (SSSR count). The summed E-state index contributed by atoms with van der Waals surface area (Å²) in [5, 5.41) is 9.67. The average Bonchev–Trinajstić information content (AvgIpc) is 2.85. The first-order valence-corrected chi connectivity index (χ1v) is 8.01. The molecule has 1 N–H and O–H groups in total.